The van der Waals surface area contributed by atoms with Gasteiger partial charge in [-0.3, -0.25) is 9.48 Å². The van der Waals surface area contributed by atoms with Gasteiger partial charge in [-0.05, 0) is 20.8 Å². The van der Waals surface area contributed by atoms with Crippen molar-refractivity contribution in [3.05, 3.63) is 11.3 Å². The van der Waals surface area contributed by atoms with Gasteiger partial charge in [0, 0.05) is 25.6 Å². The number of amides is 2. The number of anilines is 1. The minimum atomic E-state index is -5.00. The standard InChI is InChI=1S/C14H19F3N4O3/c1-13(2,3)24-12(23)21-6-5-9-8(7-21)10(20(4)19-9)18-11(22)14(15,16)17/h5-7H2,1-4H3,(H,18,22). The zero-order valence-corrected chi connectivity index (χ0v) is 13.8. The van der Waals surface area contributed by atoms with Crippen molar-refractivity contribution in [2.75, 3.05) is 11.9 Å². The van der Waals surface area contributed by atoms with Gasteiger partial charge < -0.3 is 15.0 Å². The highest BCUT2D eigenvalue weighted by Crippen LogP contribution is 2.28. The minimum absolute atomic E-state index is 0.0194. The van der Waals surface area contributed by atoms with Crippen LogP contribution in [0, 0.1) is 0 Å². The normalized spacial score (nSPS) is 15.0. The lowest BCUT2D eigenvalue weighted by Crippen LogP contribution is -2.40. The number of aryl methyl sites for hydroxylation is 1. The predicted octanol–water partition coefficient (Wildman–Crippen LogP) is 2.21. The Morgan fingerprint density at radius 3 is 2.42 bits per heavy atom. The van der Waals surface area contributed by atoms with Crippen molar-refractivity contribution in [3.8, 4) is 0 Å². The smallest absolute Gasteiger partial charge is 0.444 e. The van der Waals surface area contributed by atoms with Crippen molar-refractivity contribution in [2.45, 2.75) is 45.5 Å². The van der Waals surface area contributed by atoms with Crippen LogP contribution in [0.5, 0.6) is 0 Å². The third-order valence-electron chi connectivity index (χ3n) is 3.34. The topological polar surface area (TPSA) is 76.5 Å². The molecule has 1 N–H and O–H groups in total. The number of aromatic nitrogens is 2. The first kappa shape index (κ1) is 18.1. The molecule has 1 aromatic rings. The highest BCUT2D eigenvalue weighted by Gasteiger charge is 2.40. The molecule has 0 saturated carbocycles. The van der Waals surface area contributed by atoms with Gasteiger partial charge in [0.15, 0.2) is 0 Å². The zero-order chi connectivity index (χ0) is 18.3. The molecule has 2 amide bonds. The third kappa shape index (κ3) is 3.98. The summed E-state index contributed by atoms with van der Waals surface area (Å²) in [7, 11) is 1.43. The maximum atomic E-state index is 12.5. The molecule has 0 aromatic carbocycles. The predicted molar refractivity (Wildman–Crippen MR) is 78.2 cm³/mol. The van der Waals surface area contributed by atoms with Gasteiger partial charge in [0.25, 0.3) is 0 Å². The summed E-state index contributed by atoms with van der Waals surface area (Å²) in [5.41, 5.74) is 0.251. The molecule has 0 spiro atoms. The van der Waals surface area contributed by atoms with E-state index in [2.05, 4.69) is 5.10 Å². The Kier molecular flexibility index (Phi) is 4.51. The Bertz CT molecular complexity index is 661. The summed E-state index contributed by atoms with van der Waals surface area (Å²) in [5.74, 6) is -2.15. The van der Waals surface area contributed by atoms with Crippen LogP contribution in [0.25, 0.3) is 0 Å². The first-order valence-electron chi connectivity index (χ1n) is 7.29. The molecule has 0 saturated heterocycles. The van der Waals surface area contributed by atoms with Crippen molar-refractivity contribution in [3.63, 3.8) is 0 Å². The van der Waals surface area contributed by atoms with Crippen molar-refractivity contribution >= 4 is 17.8 Å². The molecule has 134 valence electrons. The van der Waals surface area contributed by atoms with E-state index < -0.39 is 23.8 Å². The molecule has 0 aliphatic carbocycles. The summed E-state index contributed by atoms with van der Waals surface area (Å²) < 4.78 is 43.8. The van der Waals surface area contributed by atoms with Crippen LogP contribution in [0.15, 0.2) is 0 Å². The van der Waals surface area contributed by atoms with Crippen LogP contribution in [0.3, 0.4) is 0 Å². The molecule has 2 rings (SSSR count). The van der Waals surface area contributed by atoms with E-state index >= 15 is 0 Å². The largest absolute Gasteiger partial charge is 0.471 e. The number of halogens is 3. The average Bonchev–Trinajstić information content (AvgIpc) is 2.71. The van der Waals surface area contributed by atoms with Gasteiger partial charge in [-0.2, -0.15) is 18.3 Å². The van der Waals surface area contributed by atoms with Crippen LogP contribution < -0.4 is 5.32 Å². The Morgan fingerprint density at radius 2 is 1.88 bits per heavy atom. The van der Waals surface area contributed by atoms with Crippen LogP contribution in [0.2, 0.25) is 0 Å². The summed E-state index contributed by atoms with van der Waals surface area (Å²) in [6.07, 6.45) is -5.20. The summed E-state index contributed by atoms with van der Waals surface area (Å²) >= 11 is 0. The van der Waals surface area contributed by atoms with Gasteiger partial charge in [-0.25, -0.2) is 4.79 Å². The summed E-state index contributed by atoms with van der Waals surface area (Å²) in [5, 5.41) is 5.93. The van der Waals surface area contributed by atoms with E-state index in [1.54, 1.807) is 20.8 Å². The quantitative estimate of drug-likeness (QED) is 0.844. The summed E-state index contributed by atoms with van der Waals surface area (Å²) in [4.78, 5) is 24.7. The maximum Gasteiger partial charge on any atom is 0.471 e. The molecular formula is C14H19F3N4O3. The second kappa shape index (κ2) is 5.99. The fourth-order valence-corrected chi connectivity index (χ4v) is 2.32. The number of carbonyl (C=O) groups excluding carboxylic acids is 2. The Balaban J connectivity index is 2.21. The van der Waals surface area contributed by atoms with Gasteiger partial charge >= 0.3 is 18.2 Å². The van der Waals surface area contributed by atoms with Crippen LogP contribution in [0.1, 0.15) is 32.0 Å². The molecule has 10 heteroatoms. The number of nitrogens with zero attached hydrogens (tertiary/aromatic N) is 3. The second-order valence-electron chi connectivity index (χ2n) is 6.50. The first-order valence-corrected chi connectivity index (χ1v) is 7.29. The molecule has 1 aliphatic heterocycles. The maximum absolute atomic E-state index is 12.5. The SMILES string of the molecule is Cn1nc2c(c1NC(=O)C(F)(F)F)CN(C(=O)OC(C)(C)C)CC2. The Morgan fingerprint density at radius 1 is 1.25 bits per heavy atom. The number of hydrogen-bond acceptors (Lipinski definition) is 4. The van der Waals surface area contributed by atoms with E-state index in [-0.39, 0.29) is 12.4 Å². The number of nitrogens with one attached hydrogen (secondary N) is 1. The molecule has 24 heavy (non-hydrogen) atoms. The fraction of sp³-hybridized carbons (Fsp3) is 0.643. The zero-order valence-electron chi connectivity index (χ0n) is 13.8. The van der Waals surface area contributed by atoms with E-state index in [4.69, 9.17) is 4.74 Å². The lowest BCUT2D eigenvalue weighted by Gasteiger charge is -2.29. The highest BCUT2D eigenvalue weighted by atomic mass is 19.4. The van der Waals surface area contributed by atoms with Crippen LogP contribution in [-0.2, 0) is 29.5 Å². The van der Waals surface area contributed by atoms with Gasteiger partial charge in [-0.1, -0.05) is 0 Å². The Labute approximate surface area is 136 Å². The molecule has 1 aromatic heterocycles. The second-order valence-corrected chi connectivity index (χ2v) is 6.50. The van der Waals surface area contributed by atoms with Crippen molar-refractivity contribution < 1.29 is 27.5 Å². The van der Waals surface area contributed by atoms with Crippen molar-refractivity contribution in [1.29, 1.82) is 0 Å². The molecule has 0 fully saturated rings. The van der Waals surface area contributed by atoms with E-state index in [0.29, 0.717) is 24.2 Å². The molecule has 1 aliphatic rings. The molecule has 7 nitrogen and oxygen atoms in total. The average molecular weight is 348 g/mol. The van der Waals surface area contributed by atoms with Gasteiger partial charge in [0.05, 0.1) is 12.2 Å². The third-order valence-corrected chi connectivity index (χ3v) is 3.34. The molecule has 2 heterocycles. The first-order chi connectivity index (χ1) is 10.9. The number of carbonyl (C=O) groups is 2. The number of hydrogen-bond donors (Lipinski definition) is 1. The van der Waals surface area contributed by atoms with E-state index in [0.717, 1.165) is 0 Å². The number of rotatable bonds is 1. The van der Waals surface area contributed by atoms with Crippen molar-refractivity contribution in [1.82, 2.24) is 14.7 Å². The lowest BCUT2D eigenvalue weighted by atomic mass is 10.1. The molecule has 0 unspecified atom stereocenters. The highest BCUT2D eigenvalue weighted by molar-refractivity contribution is 5.95. The van der Waals surface area contributed by atoms with Gasteiger partial charge in [-0.15, -0.1) is 0 Å². The molecule has 0 atom stereocenters. The monoisotopic (exact) mass is 348 g/mol. The Hall–Kier alpha value is -2.26. The van der Waals surface area contributed by atoms with Crippen LogP contribution in [-0.4, -0.2) is 45.0 Å². The number of alkyl halides is 3. The summed E-state index contributed by atoms with van der Waals surface area (Å²) in [6.45, 7) is 5.52. The molecule has 0 radical (unpaired) electrons. The summed E-state index contributed by atoms with van der Waals surface area (Å²) in [6, 6.07) is 0. The fourth-order valence-electron chi connectivity index (χ4n) is 2.32. The number of ether oxygens (including phenoxy) is 1. The van der Waals surface area contributed by atoms with E-state index in [1.807, 2.05) is 5.32 Å². The molecule has 0 bridgehead atoms. The van der Waals surface area contributed by atoms with Gasteiger partial charge in [0.2, 0.25) is 0 Å². The molecular weight excluding hydrogens is 329 g/mol. The lowest BCUT2D eigenvalue weighted by molar-refractivity contribution is -0.167. The van der Waals surface area contributed by atoms with Crippen LogP contribution >= 0.6 is 0 Å². The van der Waals surface area contributed by atoms with Crippen molar-refractivity contribution in [2.24, 2.45) is 7.05 Å². The number of fused-ring (bicyclic) bond motifs is 1. The van der Waals surface area contributed by atoms with E-state index in [9.17, 15) is 22.8 Å². The van der Waals surface area contributed by atoms with Gasteiger partial charge in [0.1, 0.15) is 11.4 Å². The van der Waals surface area contributed by atoms with Crippen LogP contribution in [0.4, 0.5) is 23.8 Å². The minimum Gasteiger partial charge on any atom is -0.444 e. The van der Waals surface area contributed by atoms with E-state index in [1.165, 1.54) is 16.6 Å².